The smallest absolute Gasteiger partial charge is 0.128 e. The number of hydrogen-bond donors (Lipinski definition) is 0. The molecule has 3 heteroatoms. The van der Waals surface area contributed by atoms with Gasteiger partial charge in [-0.3, -0.25) is 0 Å². The molecule has 70 valence electrons. The maximum atomic E-state index is 6.03. The summed E-state index contributed by atoms with van der Waals surface area (Å²) in [6, 6.07) is 6.10. The first-order chi connectivity index (χ1) is 6.25. The molecule has 0 N–H and O–H groups in total. The van der Waals surface area contributed by atoms with Crippen molar-refractivity contribution in [2.24, 2.45) is 0 Å². The fraction of sp³-hybridized carbons (Fsp3) is 0.500. The van der Waals surface area contributed by atoms with Crippen molar-refractivity contribution in [2.45, 2.75) is 18.7 Å². The van der Waals surface area contributed by atoms with E-state index in [9.17, 15) is 0 Å². The number of nitrogens with zero attached hydrogens (tertiary/aromatic N) is 2. The molecule has 1 unspecified atom stereocenters. The molecule has 1 atom stereocenters. The molecule has 0 radical (unpaired) electrons. The van der Waals surface area contributed by atoms with Crippen LogP contribution in [0.15, 0.2) is 18.2 Å². The van der Waals surface area contributed by atoms with E-state index in [-0.39, 0.29) is 0 Å². The van der Waals surface area contributed by atoms with Gasteiger partial charge in [-0.05, 0) is 25.5 Å². The van der Waals surface area contributed by atoms with Crippen LogP contribution in [0.25, 0.3) is 0 Å². The van der Waals surface area contributed by atoms with Crippen LogP contribution in [-0.2, 0) is 0 Å². The van der Waals surface area contributed by atoms with E-state index in [1.807, 2.05) is 25.1 Å². The summed E-state index contributed by atoms with van der Waals surface area (Å²) in [5.41, 5.74) is 1.07. The molecule has 1 aromatic heterocycles. The zero-order valence-electron chi connectivity index (χ0n) is 7.70. The van der Waals surface area contributed by atoms with E-state index in [2.05, 4.69) is 9.88 Å². The Bertz CT molecular complexity index is 301. The van der Waals surface area contributed by atoms with Crippen LogP contribution < -0.4 is 4.90 Å². The molecule has 1 saturated heterocycles. The Morgan fingerprint density at radius 1 is 1.54 bits per heavy atom. The van der Waals surface area contributed by atoms with Crippen LogP contribution in [0, 0.1) is 6.92 Å². The molecule has 1 aromatic rings. The molecule has 0 amide bonds. The van der Waals surface area contributed by atoms with Gasteiger partial charge in [0, 0.05) is 18.8 Å². The standard InChI is InChI=1S/C10H13ClN2/c1-8-3-2-4-10(12-8)13-6-5-9(11)7-13/h2-4,9H,5-7H2,1H3. The number of aryl methyl sites for hydroxylation is 1. The highest BCUT2D eigenvalue weighted by atomic mass is 35.5. The van der Waals surface area contributed by atoms with Crippen LogP contribution >= 0.6 is 11.6 Å². The van der Waals surface area contributed by atoms with Gasteiger partial charge in [-0.2, -0.15) is 0 Å². The summed E-state index contributed by atoms with van der Waals surface area (Å²) in [7, 11) is 0. The van der Waals surface area contributed by atoms with E-state index in [0.29, 0.717) is 5.38 Å². The van der Waals surface area contributed by atoms with Crippen molar-refractivity contribution in [2.75, 3.05) is 18.0 Å². The topological polar surface area (TPSA) is 16.1 Å². The average molecular weight is 197 g/mol. The van der Waals surface area contributed by atoms with E-state index in [1.165, 1.54) is 0 Å². The van der Waals surface area contributed by atoms with Crippen molar-refractivity contribution in [3.8, 4) is 0 Å². The second-order valence-corrected chi connectivity index (χ2v) is 4.09. The Kier molecular flexibility index (Phi) is 2.40. The van der Waals surface area contributed by atoms with Gasteiger partial charge in [0.05, 0.1) is 5.38 Å². The number of pyridine rings is 1. The average Bonchev–Trinajstić information content (AvgIpc) is 2.52. The van der Waals surface area contributed by atoms with Gasteiger partial charge in [-0.25, -0.2) is 4.98 Å². The molecule has 1 fully saturated rings. The summed E-state index contributed by atoms with van der Waals surface area (Å²) in [6.45, 7) is 3.97. The lowest BCUT2D eigenvalue weighted by Crippen LogP contribution is -2.20. The number of alkyl halides is 1. The van der Waals surface area contributed by atoms with Gasteiger partial charge in [0.1, 0.15) is 5.82 Å². The number of anilines is 1. The third kappa shape index (κ3) is 1.94. The first-order valence-corrected chi connectivity index (χ1v) is 5.02. The monoisotopic (exact) mass is 196 g/mol. The van der Waals surface area contributed by atoms with E-state index in [4.69, 9.17) is 11.6 Å². The second kappa shape index (κ2) is 3.54. The Labute approximate surface area is 83.5 Å². The molecule has 0 aromatic carbocycles. The molecule has 1 aliphatic rings. The minimum absolute atomic E-state index is 0.294. The normalized spacial score (nSPS) is 22.3. The molecule has 2 rings (SSSR count). The number of aromatic nitrogens is 1. The van der Waals surface area contributed by atoms with Gasteiger partial charge >= 0.3 is 0 Å². The third-order valence-electron chi connectivity index (χ3n) is 2.33. The molecular weight excluding hydrogens is 184 g/mol. The zero-order valence-corrected chi connectivity index (χ0v) is 8.46. The van der Waals surface area contributed by atoms with Crippen LogP contribution in [0.4, 0.5) is 5.82 Å². The molecule has 0 bridgehead atoms. The van der Waals surface area contributed by atoms with Crippen molar-refractivity contribution >= 4 is 17.4 Å². The Hall–Kier alpha value is -0.760. The highest BCUT2D eigenvalue weighted by Gasteiger charge is 2.20. The molecule has 0 aliphatic carbocycles. The lowest BCUT2D eigenvalue weighted by atomic mass is 10.3. The number of halogens is 1. The van der Waals surface area contributed by atoms with Crippen molar-refractivity contribution < 1.29 is 0 Å². The summed E-state index contributed by atoms with van der Waals surface area (Å²) < 4.78 is 0. The van der Waals surface area contributed by atoms with Gasteiger partial charge < -0.3 is 4.90 Å². The van der Waals surface area contributed by atoms with Crippen molar-refractivity contribution in [3.05, 3.63) is 23.9 Å². The molecular formula is C10H13ClN2. The quantitative estimate of drug-likeness (QED) is 0.641. The predicted octanol–water partition coefficient (Wildman–Crippen LogP) is 2.21. The lowest BCUT2D eigenvalue weighted by Gasteiger charge is -2.16. The van der Waals surface area contributed by atoms with Gasteiger partial charge in [0.25, 0.3) is 0 Å². The highest BCUT2D eigenvalue weighted by Crippen LogP contribution is 2.20. The summed E-state index contributed by atoms with van der Waals surface area (Å²) >= 11 is 6.03. The number of rotatable bonds is 1. The van der Waals surface area contributed by atoms with Crippen LogP contribution in [0.3, 0.4) is 0 Å². The molecule has 0 saturated carbocycles. The van der Waals surface area contributed by atoms with Gasteiger partial charge in [0.2, 0.25) is 0 Å². The van der Waals surface area contributed by atoms with Crippen LogP contribution in [0.5, 0.6) is 0 Å². The Morgan fingerprint density at radius 2 is 2.38 bits per heavy atom. The van der Waals surface area contributed by atoms with Crippen molar-refractivity contribution in [3.63, 3.8) is 0 Å². The minimum atomic E-state index is 0.294. The van der Waals surface area contributed by atoms with E-state index in [1.54, 1.807) is 0 Å². The highest BCUT2D eigenvalue weighted by molar-refractivity contribution is 6.21. The maximum absolute atomic E-state index is 6.03. The van der Waals surface area contributed by atoms with Gasteiger partial charge in [-0.1, -0.05) is 6.07 Å². The Morgan fingerprint density at radius 3 is 3.00 bits per heavy atom. The van der Waals surface area contributed by atoms with Crippen LogP contribution in [0.2, 0.25) is 0 Å². The van der Waals surface area contributed by atoms with Crippen molar-refractivity contribution in [1.29, 1.82) is 0 Å². The van der Waals surface area contributed by atoms with Gasteiger partial charge in [0.15, 0.2) is 0 Å². The largest absolute Gasteiger partial charge is 0.355 e. The fourth-order valence-electron chi connectivity index (χ4n) is 1.63. The fourth-order valence-corrected chi connectivity index (χ4v) is 1.89. The minimum Gasteiger partial charge on any atom is -0.355 e. The van der Waals surface area contributed by atoms with Crippen LogP contribution in [0.1, 0.15) is 12.1 Å². The first kappa shape index (κ1) is 8.82. The summed E-state index contributed by atoms with van der Waals surface area (Å²) in [5, 5.41) is 0.294. The SMILES string of the molecule is Cc1cccc(N2CCC(Cl)C2)n1. The summed E-state index contributed by atoms with van der Waals surface area (Å²) in [4.78, 5) is 6.70. The molecule has 2 heterocycles. The van der Waals surface area contributed by atoms with E-state index < -0.39 is 0 Å². The summed E-state index contributed by atoms with van der Waals surface area (Å²) in [6.07, 6.45) is 1.07. The second-order valence-electron chi connectivity index (χ2n) is 3.47. The lowest BCUT2D eigenvalue weighted by molar-refractivity contribution is 0.930. The van der Waals surface area contributed by atoms with Crippen molar-refractivity contribution in [1.82, 2.24) is 4.98 Å². The van der Waals surface area contributed by atoms with Crippen LogP contribution in [-0.4, -0.2) is 23.5 Å². The third-order valence-corrected chi connectivity index (χ3v) is 2.68. The molecule has 13 heavy (non-hydrogen) atoms. The first-order valence-electron chi connectivity index (χ1n) is 4.58. The summed E-state index contributed by atoms with van der Waals surface area (Å²) in [5.74, 6) is 1.06. The Balaban J connectivity index is 2.16. The van der Waals surface area contributed by atoms with E-state index >= 15 is 0 Å². The molecule has 2 nitrogen and oxygen atoms in total. The predicted molar refractivity (Wildman–Crippen MR) is 55.4 cm³/mol. The zero-order chi connectivity index (χ0) is 9.26. The van der Waals surface area contributed by atoms with E-state index in [0.717, 1.165) is 31.0 Å². The molecule has 1 aliphatic heterocycles. The maximum Gasteiger partial charge on any atom is 0.128 e. The van der Waals surface area contributed by atoms with Gasteiger partial charge in [-0.15, -0.1) is 11.6 Å². The molecule has 0 spiro atoms. The number of hydrogen-bond acceptors (Lipinski definition) is 2.